The molecule has 0 radical (unpaired) electrons. The lowest BCUT2D eigenvalue weighted by Crippen LogP contribution is -2.15. The van der Waals surface area contributed by atoms with Crippen LogP contribution in [0.5, 0.6) is 5.75 Å². The first-order valence-corrected chi connectivity index (χ1v) is 10.8. The molecular formula is C25H27N5O3. The van der Waals surface area contributed by atoms with Gasteiger partial charge in [-0.25, -0.2) is 9.67 Å². The molecule has 0 atom stereocenters. The molecule has 0 unspecified atom stereocenters. The second-order valence-electron chi connectivity index (χ2n) is 7.90. The Morgan fingerprint density at radius 1 is 1.12 bits per heavy atom. The number of carbonyl (C=O) groups is 1. The molecule has 0 bridgehead atoms. The number of nitrogens with zero attached hydrogens (tertiary/aromatic N) is 4. The van der Waals surface area contributed by atoms with E-state index in [0.717, 1.165) is 28.1 Å². The van der Waals surface area contributed by atoms with E-state index < -0.39 is 0 Å². The largest absolute Gasteiger partial charge is 0.493 e. The number of nitrogens with one attached hydrogen (secondary N) is 1. The van der Waals surface area contributed by atoms with Gasteiger partial charge < -0.3 is 14.5 Å². The van der Waals surface area contributed by atoms with Crippen LogP contribution in [0.1, 0.15) is 45.7 Å². The summed E-state index contributed by atoms with van der Waals surface area (Å²) in [5.41, 5.74) is 5.31. The Morgan fingerprint density at radius 2 is 1.91 bits per heavy atom. The van der Waals surface area contributed by atoms with E-state index in [1.54, 1.807) is 4.68 Å². The molecule has 1 amide bonds. The van der Waals surface area contributed by atoms with Crippen molar-refractivity contribution < 1.29 is 13.9 Å². The summed E-state index contributed by atoms with van der Waals surface area (Å²) in [6.45, 7) is 10.5. The fourth-order valence-electron chi connectivity index (χ4n) is 3.61. The number of benzene rings is 2. The Bertz CT molecular complexity index is 1310. The van der Waals surface area contributed by atoms with Crippen LogP contribution in [0.15, 0.2) is 46.9 Å². The topological polar surface area (TPSA) is 95.1 Å². The lowest BCUT2D eigenvalue weighted by atomic mass is 10.1. The second-order valence-corrected chi connectivity index (χ2v) is 7.90. The number of amides is 1. The predicted octanol–water partition coefficient (Wildman–Crippen LogP) is 4.87. The van der Waals surface area contributed by atoms with Crippen LogP contribution in [0, 0.1) is 27.7 Å². The van der Waals surface area contributed by atoms with Gasteiger partial charge in [-0.2, -0.15) is 0 Å². The van der Waals surface area contributed by atoms with Crippen LogP contribution in [0.3, 0.4) is 0 Å². The van der Waals surface area contributed by atoms with Gasteiger partial charge in [0.05, 0.1) is 24.4 Å². The number of aryl methyl sites for hydroxylation is 3. The van der Waals surface area contributed by atoms with Gasteiger partial charge in [-0.05, 0) is 58.4 Å². The number of oxazole rings is 1. The molecule has 1 N–H and O–H groups in total. The van der Waals surface area contributed by atoms with Crippen molar-refractivity contribution in [1.29, 1.82) is 0 Å². The number of ether oxygens (including phenoxy) is 1. The van der Waals surface area contributed by atoms with Crippen molar-refractivity contribution in [2.24, 2.45) is 0 Å². The molecule has 0 saturated carbocycles. The zero-order chi connectivity index (χ0) is 23.5. The molecule has 2 aromatic heterocycles. The van der Waals surface area contributed by atoms with Crippen LogP contribution < -0.4 is 10.1 Å². The van der Waals surface area contributed by atoms with Crippen LogP contribution in [0.25, 0.3) is 11.5 Å². The number of carbonyl (C=O) groups excluding carboxylic acids is 1. The van der Waals surface area contributed by atoms with Crippen LogP contribution in [0.2, 0.25) is 0 Å². The molecule has 4 rings (SSSR count). The molecule has 8 nitrogen and oxygen atoms in total. The monoisotopic (exact) mass is 445 g/mol. The van der Waals surface area contributed by atoms with Crippen molar-refractivity contribution in [3.8, 4) is 17.2 Å². The van der Waals surface area contributed by atoms with Crippen molar-refractivity contribution in [3.05, 3.63) is 76.4 Å². The van der Waals surface area contributed by atoms with Crippen molar-refractivity contribution in [3.63, 3.8) is 0 Å². The maximum absolute atomic E-state index is 12.8. The van der Waals surface area contributed by atoms with E-state index in [4.69, 9.17) is 9.15 Å². The normalized spacial score (nSPS) is 10.9. The van der Waals surface area contributed by atoms with Crippen molar-refractivity contribution in [2.45, 2.75) is 41.2 Å². The van der Waals surface area contributed by atoms with Gasteiger partial charge in [-0.1, -0.05) is 35.0 Å². The van der Waals surface area contributed by atoms with E-state index >= 15 is 0 Å². The van der Waals surface area contributed by atoms with E-state index in [1.807, 2.05) is 77.1 Å². The maximum Gasteiger partial charge on any atom is 0.278 e. The molecule has 2 aromatic carbocycles. The van der Waals surface area contributed by atoms with E-state index in [0.29, 0.717) is 36.2 Å². The third kappa shape index (κ3) is 4.64. The minimum atomic E-state index is -0.297. The van der Waals surface area contributed by atoms with Crippen molar-refractivity contribution in [2.75, 3.05) is 11.9 Å². The number of anilines is 1. The first kappa shape index (κ1) is 22.3. The maximum atomic E-state index is 12.8. The number of para-hydroxylation sites is 1. The zero-order valence-corrected chi connectivity index (χ0v) is 19.5. The average molecular weight is 446 g/mol. The Balaban J connectivity index is 1.55. The van der Waals surface area contributed by atoms with Crippen LogP contribution in [-0.2, 0) is 6.54 Å². The zero-order valence-electron chi connectivity index (χ0n) is 19.5. The minimum Gasteiger partial charge on any atom is -0.493 e. The van der Waals surface area contributed by atoms with Gasteiger partial charge in [0.2, 0.25) is 5.89 Å². The van der Waals surface area contributed by atoms with E-state index in [1.165, 1.54) is 0 Å². The van der Waals surface area contributed by atoms with Gasteiger partial charge in [0.15, 0.2) is 5.69 Å². The Labute approximate surface area is 192 Å². The van der Waals surface area contributed by atoms with Crippen molar-refractivity contribution >= 4 is 11.6 Å². The summed E-state index contributed by atoms with van der Waals surface area (Å²) < 4.78 is 13.3. The van der Waals surface area contributed by atoms with Crippen LogP contribution >= 0.6 is 0 Å². The Hall–Kier alpha value is -3.94. The van der Waals surface area contributed by atoms with Gasteiger partial charge >= 0.3 is 0 Å². The SMILES string of the molecule is CCOc1ccccc1-c1nc(Cn2nnc(C(=O)Nc3ccc(C)cc3C)c2C)c(C)o1. The molecule has 170 valence electrons. The molecule has 33 heavy (non-hydrogen) atoms. The first-order chi connectivity index (χ1) is 15.9. The standard InChI is InChI=1S/C25H27N5O3/c1-6-32-22-10-8-7-9-19(22)25-27-21(18(5)33-25)14-30-17(4)23(28-29-30)24(31)26-20-12-11-15(2)13-16(20)3/h7-13H,6,14H2,1-5H3,(H,26,31). The number of rotatable bonds is 7. The Morgan fingerprint density at radius 3 is 2.67 bits per heavy atom. The molecule has 0 aliphatic carbocycles. The highest BCUT2D eigenvalue weighted by Crippen LogP contribution is 2.31. The molecule has 0 spiro atoms. The minimum absolute atomic E-state index is 0.276. The molecule has 2 heterocycles. The lowest BCUT2D eigenvalue weighted by Gasteiger charge is -2.08. The van der Waals surface area contributed by atoms with Gasteiger partial charge in [0, 0.05) is 5.69 Å². The van der Waals surface area contributed by atoms with Crippen LogP contribution in [0.4, 0.5) is 5.69 Å². The average Bonchev–Trinajstić information content (AvgIpc) is 3.33. The summed E-state index contributed by atoms with van der Waals surface area (Å²) in [6.07, 6.45) is 0. The fourth-order valence-corrected chi connectivity index (χ4v) is 3.61. The van der Waals surface area contributed by atoms with E-state index in [2.05, 4.69) is 20.6 Å². The lowest BCUT2D eigenvalue weighted by molar-refractivity contribution is 0.102. The third-order valence-corrected chi connectivity index (χ3v) is 5.44. The molecule has 8 heteroatoms. The molecule has 0 aliphatic rings. The smallest absolute Gasteiger partial charge is 0.278 e. The van der Waals surface area contributed by atoms with Gasteiger partial charge in [-0.15, -0.1) is 5.10 Å². The highest BCUT2D eigenvalue weighted by atomic mass is 16.5. The van der Waals surface area contributed by atoms with Gasteiger partial charge in [0.25, 0.3) is 5.91 Å². The number of hydrogen-bond acceptors (Lipinski definition) is 6. The third-order valence-electron chi connectivity index (χ3n) is 5.44. The van der Waals surface area contributed by atoms with Crippen molar-refractivity contribution in [1.82, 2.24) is 20.0 Å². The van der Waals surface area contributed by atoms with Gasteiger partial charge in [0.1, 0.15) is 17.2 Å². The summed E-state index contributed by atoms with van der Waals surface area (Å²) in [4.78, 5) is 17.5. The fraction of sp³-hybridized carbons (Fsp3) is 0.280. The molecule has 4 aromatic rings. The van der Waals surface area contributed by atoms with Gasteiger partial charge in [-0.3, -0.25) is 4.79 Å². The highest BCUT2D eigenvalue weighted by Gasteiger charge is 2.20. The number of hydrogen-bond donors (Lipinski definition) is 1. The number of aromatic nitrogens is 4. The predicted molar refractivity (Wildman–Crippen MR) is 126 cm³/mol. The molecule has 0 fully saturated rings. The summed E-state index contributed by atoms with van der Waals surface area (Å²) in [5.74, 6) is 1.58. The summed E-state index contributed by atoms with van der Waals surface area (Å²) in [7, 11) is 0. The van der Waals surface area contributed by atoms with E-state index in [9.17, 15) is 4.79 Å². The summed E-state index contributed by atoms with van der Waals surface area (Å²) >= 11 is 0. The summed E-state index contributed by atoms with van der Waals surface area (Å²) in [5, 5.41) is 11.2. The quantitative estimate of drug-likeness (QED) is 0.436. The molecule has 0 saturated heterocycles. The van der Waals surface area contributed by atoms with E-state index in [-0.39, 0.29) is 11.6 Å². The molecular weight excluding hydrogens is 418 g/mol. The first-order valence-electron chi connectivity index (χ1n) is 10.8. The Kier molecular flexibility index (Phi) is 6.26. The molecule has 0 aliphatic heterocycles. The highest BCUT2D eigenvalue weighted by molar-refractivity contribution is 6.03. The van der Waals surface area contributed by atoms with Crippen LogP contribution in [-0.4, -0.2) is 32.5 Å². The summed E-state index contributed by atoms with van der Waals surface area (Å²) in [6, 6.07) is 13.5. The second kappa shape index (κ2) is 9.28.